The molecule has 18 heteroatoms. The Labute approximate surface area is 272 Å². The number of anilines is 5. The predicted octanol–water partition coefficient (Wildman–Crippen LogP) is 6.80. The van der Waals surface area contributed by atoms with Gasteiger partial charge in [-0.1, -0.05) is 6.07 Å². The van der Waals surface area contributed by atoms with Crippen molar-refractivity contribution >= 4 is 51.5 Å². The van der Waals surface area contributed by atoms with Gasteiger partial charge in [0, 0.05) is 28.4 Å². The predicted molar refractivity (Wildman–Crippen MR) is 169 cm³/mol. The highest BCUT2D eigenvalue weighted by Crippen LogP contribution is 2.33. The van der Waals surface area contributed by atoms with Gasteiger partial charge in [0.1, 0.15) is 17.5 Å². The average molecular weight is 694 g/mol. The molecule has 4 rings (SSSR count). The first-order valence-electron chi connectivity index (χ1n) is 14.0. The molecule has 5 N–H and O–H groups in total. The third-order valence-corrected chi connectivity index (χ3v) is 7.39. The van der Waals surface area contributed by atoms with Crippen LogP contribution in [0.15, 0.2) is 76.1 Å². The summed E-state index contributed by atoms with van der Waals surface area (Å²) < 4.78 is 88.5. The van der Waals surface area contributed by atoms with E-state index in [4.69, 9.17) is 0 Å². The van der Waals surface area contributed by atoms with Crippen LogP contribution < -0.4 is 21.3 Å². The first-order chi connectivity index (χ1) is 22.8. The van der Waals surface area contributed by atoms with E-state index in [1.165, 1.54) is 30.5 Å². The van der Waals surface area contributed by atoms with Gasteiger partial charge in [-0.05, 0) is 74.0 Å². The van der Waals surface area contributed by atoms with Gasteiger partial charge >= 0.3 is 18.3 Å². The molecule has 0 aliphatic rings. The number of alkyl halides is 3. The summed E-state index contributed by atoms with van der Waals surface area (Å²) in [6.45, 7) is 3.08. The number of hydrogen-bond acceptors (Lipinski definition) is 9. The molecule has 0 spiro atoms. The number of halogens is 5. The fourth-order valence-electron chi connectivity index (χ4n) is 3.99. The summed E-state index contributed by atoms with van der Waals surface area (Å²) in [5.74, 6) is -1.78. The van der Waals surface area contributed by atoms with Crippen LogP contribution in [0.25, 0.3) is 11.1 Å². The van der Waals surface area contributed by atoms with Gasteiger partial charge in [0.15, 0.2) is 0 Å². The van der Waals surface area contributed by atoms with Gasteiger partial charge in [-0.3, -0.25) is 0 Å². The standard InChI is InChI=1S/C30H28F5N7O5S/c1-3-47-29(45)42-48(46)20-8-6-19(7-9-20)38-27-36-14-21(26(41-27)37-16(2)15-43)17-4-11-24(23(32)12-17)39-28(44)40-25-13-18(30(33,34)35)5-10-22(25)31/h4-14,16,43,48H,3,15H2,1-2H3,(H2,39,40,44)(H2,36,37,38,41). The molecule has 2 unspecified atom stereocenters. The van der Waals surface area contributed by atoms with Crippen LogP contribution in [0.3, 0.4) is 0 Å². The zero-order valence-electron chi connectivity index (χ0n) is 25.1. The zero-order valence-corrected chi connectivity index (χ0v) is 26.0. The first kappa shape index (κ1) is 35.5. The number of aromatic nitrogens is 2. The molecule has 254 valence electrons. The molecule has 2 atom stereocenters. The molecule has 4 aromatic rings. The van der Waals surface area contributed by atoms with E-state index in [-0.39, 0.29) is 41.1 Å². The maximum Gasteiger partial charge on any atom is 0.441 e. The summed E-state index contributed by atoms with van der Waals surface area (Å²) >= 11 is 0. The van der Waals surface area contributed by atoms with Crippen LogP contribution in [-0.4, -0.2) is 50.7 Å². The molecule has 0 aliphatic carbocycles. The number of nitrogens with zero attached hydrogens (tertiary/aromatic N) is 3. The largest absolute Gasteiger partial charge is 0.448 e. The summed E-state index contributed by atoms with van der Waals surface area (Å²) in [4.78, 5) is 32.8. The van der Waals surface area contributed by atoms with Crippen molar-refractivity contribution in [1.82, 2.24) is 9.97 Å². The van der Waals surface area contributed by atoms with Gasteiger partial charge in [-0.25, -0.2) is 27.6 Å². The maximum atomic E-state index is 15.1. The fourth-order valence-corrected chi connectivity index (χ4v) is 4.71. The Morgan fingerprint density at radius 2 is 1.71 bits per heavy atom. The van der Waals surface area contributed by atoms with Crippen molar-refractivity contribution < 1.29 is 45.6 Å². The van der Waals surface area contributed by atoms with E-state index in [0.717, 1.165) is 6.07 Å². The van der Waals surface area contributed by atoms with Crippen molar-refractivity contribution in [2.24, 2.45) is 4.36 Å². The minimum absolute atomic E-state index is 0.0929. The minimum atomic E-state index is -4.78. The van der Waals surface area contributed by atoms with E-state index < -0.39 is 57.8 Å². The number of nitrogens with one attached hydrogen (secondary N) is 4. The molecule has 48 heavy (non-hydrogen) atoms. The van der Waals surface area contributed by atoms with Crippen molar-refractivity contribution in [3.8, 4) is 11.1 Å². The monoisotopic (exact) mass is 693 g/mol. The molecular formula is C30H28F5N7O5S. The molecule has 0 saturated carbocycles. The second-order valence-electron chi connectivity index (χ2n) is 9.89. The Morgan fingerprint density at radius 1 is 1.00 bits per heavy atom. The topological polar surface area (TPSA) is 167 Å². The number of rotatable bonds is 10. The highest BCUT2D eigenvalue weighted by atomic mass is 32.2. The van der Waals surface area contributed by atoms with Crippen molar-refractivity contribution in [1.29, 1.82) is 0 Å². The lowest BCUT2D eigenvalue weighted by Gasteiger charge is -2.17. The number of urea groups is 1. The number of aliphatic hydroxyl groups is 1. The van der Waals surface area contributed by atoms with Crippen LogP contribution in [0, 0.1) is 11.6 Å². The van der Waals surface area contributed by atoms with Crippen molar-refractivity contribution in [2.75, 3.05) is 34.5 Å². The quantitative estimate of drug-likeness (QED) is 0.0774. The number of aliphatic hydroxyl groups excluding tert-OH is 1. The molecule has 1 aromatic heterocycles. The number of amides is 3. The average Bonchev–Trinajstić information content (AvgIpc) is 3.03. The molecule has 3 amide bonds. The van der Waals surface area contributed by atoms with Gasteiger partial charge in [0.05, 0.1) is 40.7 Å². The van der Waals surface area contributed by atoms with E-state index in [9.17, 15) is 36.5 Å². The van der Waals surface area contributed by atoms with Crippen LogP contribution >= 0.6 is 0 Å². The van der Waals surface area contributed by atoms with Crippen molar-refractivity contribution in [3.05, 3.63) is 84.1 Å². The molecule has 3 aromatic carbocycles. The third-order valence-electron chi connectivity index (χ3n) is 6.30. The highest BCUT2D eigenvalue weighted by molar-refractivity contribution is 7.75. The fraction of sp³-hybridized carbons (Fsp3) is 0.200. The molecule has 0 saturated heterocycles. The van der Waals surface area contributed by atoms with Gasteiger partial charge in [-0.2, -0.15) is 18.2 Å². The second-order valence-corrected chi connectivity index (χ2v) is 11.2. The lowest BCUT2D eigenvalue weighted by molar-refractivity contribution is -0.137. The van der Waals surface area contributed by atoms with Crippen LogP contribution in [0.1, 0.15) is 19.4 Å². The van der Waals surface area contributed by atoms with Crippen LogP contribution in [0.4, 0.5) is 60.4 Å². The van der Waals surface area contributed by atoms with E-state index in [1.54, 1.807) is 26.0 Å². The van der Waals surface area contributed by atoms with Crippen molar-refractivity contribution in [3.63, 3.8) is 0 Å². The Bertz CT molecular complexity index is 1890. The Morgan fingerprint density at radius 3 is 2.35 bits per heavy atom. The van der Waals surface area contributed by atoms with Crippen LogP contribution in [-0.2, 0) is 21.5 Å². The Hall–Kier alpha value is -5.36. The number of thiol groups is 1. The molecule has 12 nitrogen and oxygen atoms in total. The number of carbonyl (C=O) groups is 2. The van der Waals surface area contributed by atoms with Gasteiger partial charge in [0.2, 0.25) is 5.95 Å². The van der Waals surface area contributed by atoms with E-state index >= 15 is 4.39 Å². The van der Waals surface area contributed by atoms with Gasteiger partial charge in [0.25, 0.3) is 0 Å². The summed E-state index contributed by atoms with van der Waals surface area (Å²) in [5, 5.41) is 19.6. The molecule has 0 aliphatic heterocycles. The molecular weight excluding hydrogens is 665 g/mol. The number of ether oxygens (including phenoxy) is 1. The van der Waals surface area contributed by atoms with Gasteiger partial charge < -0.3 is 31.1 Å². The minimum Gasteiger partial charge on any atom is -0.448 e. The molecule has 1 heterocycles. The summed E-state index contributed by atoms with van der Waals surface area (Å²) in [5.41, 5.74) is -1.27. The Balaban J connectivity index is 1.52. The zero-order chi connectivity index (χ0) is 35.0. The summed E-state index contributed by atoms with van der Waals surface area (Å²) in [6.07, 6.45) is -4.34. The summed E-state index contributed by atoms with van der Waals surface area (Å²) in [7, 11) is -2.38. The first-order valence-corrected chi connectivity index (χ1v) is 15.2. The smallest absolute Gasteiger partial charge is 0.441 e. The van der Waals surface area contributed by atoms with Crippen molar-refractivity contribution in [2.45, 2.75) is 31.0 Å². The lowest BCUT2D eigenvalue weighted by atomic mass is 10.1. The highest BCUT2D eigenvalue weighted by Gasteiger charge is 2.31. The molecule has 0 fully saturated rings. The number of benzene rings is 3. The Kier molecular flexibility index (Phi) is 11.5. The van der Waals surface area contributed by atoms with Gasteiger partial charge in [-0.15, -0.1) is 4.36 Å². The number of hydrogen-bond donors (Lipinski definition) is 6. The number of carbonyl (C=O) groups excluding carboxylic acids is 2. The SMILES string of the molecule is CCOC(=O)N=[SH](=O)c1ccc(Nc2ncc(-c3ccc(NC(=O)Nc4cc(C(F)(F)F)ccc4F)c(F)c3)c(NC(C)CO)n2)cc1. The van der Waals surface area contributed by atoms with E-state index in [1.807, 2.05) is 5.32 Å². The van der Waals surface area contributed by atoms with Crippen LogP contribution in [0.2, 0.25) is 0 Å². The second kappa shape index (κ2) is 15.5. The maximum absolute atomic E-state index is 15.1. The molecule has 0 radical (unpaired) electrons. The van der Waals surface area contributed by atoms with Crippen LogP contribution in [0.5, 0.6) is 0 Å². The normalized spacial score (nSPS) is 12.6. The lowest BCUT2D eigenvalue weighted by Crippen LogP contribution is -2.21. The van der Waals surface area contributed by atoms with E-state index in [2.05, 4.69) is 35.0 Å². The third kappa shape index (κ3) is 9.35. The summed E-state index contributed by atoms with van der Waals surface area (Å²) in [6, 6.07) is 9.52. The molecule has 0 bridgehead atoms. The van der Waals surface area contributed by atoms with E-state index in [0.29, 0.717) is 29.4 Å².